The van der Waals surface area contributed by atoms with Crippen molar-refractivity contribution in [3.05, 3.63) is 52.5 Å². The van der Waals surface area contributed by atoms with Gasteiger partial charge in [-0.2, -0.15) is 0 Å². The minimum Gasteiger partial charge on any atom is -0.495 e. The van der Waals surface area contributed by atoms with Crippen molar-refractivity contribution in [1.82, 2.24) is 4.72 Å². The molecule has 2 aromatic carbocycles. The van der Waals surface area contributed by atoms with Crippen LogP contribution in [0.4, 0.5) is 5.69 Å². The third-order valence-electron chi connectivity index (χ3n) is 4.53. The van der Waals surface area contributed by atoms with E-state index in [2.05, 4.69) is 10.0 Å². The fourth-order valence-corrected chi connectivity index (χ4v) is 4.24. The molecule has 6 nitrogen and oxygen atoms in total. The molecule has 0 bridgehead atoms. The summed E-state index contributed by atoms with van der Waals surface area (Å²) in [5.74, 6) is 0.164. The Kier molecular flexibility index (Phi) is 6.27. The molecule has 0 radical (unpaired) electrons. The highest BCUT2D eigenvalue weighted by Gasteiger charge is 2.28. The van der Waals surface area contributed by atoms with E-state index in [0.717, 1.165) is 24.0 Å². The van der Waals surface area contributed by atoms with E-state index in [9.17, 15) is 13.2 Å². The normalized spacial score (nSPS) is 14.0. The van der Waals surface area contributed by atoms with Gasteiger partial charge in [0.05, 0.1) is 17.7 Å². The third-order valence-corrected chi connectivity index (χ3v) is 6.46. The van der Waals surface area contributed by atoms with E-state index in [4.69, 9.17) is 16.3 Å². The van der Waals surface area contributed by atoms with Crippen molar-refractivity contribution in [2.45, 2.75) is 43.5 Å². The fraction of sp³-hybridized carbons (Fsp3) is 0.350. The number of halogens is 1. The van der Waals surface area contributed by atoms with E-state index in [1.165, 1.54) is 25.3 Å². The number of hydrogen-bond acceptors (Lipinski definition) is 4. The van der Waals surface area contributed by atoms with Gasteiger partial charge in [-0.3, -0.25) is 4.79 Å². The van der Waals surface area contributed by atoms with Crippen LogP contribution in [0.3, 0.4) is 0 Å². The molecule has 0 spiro atoms. The topological polar surface area (TPSA) is 84.5 Å². The zero-order valence-corrected chi connectivity index (χ0v) is 17.4. The molecule has 0 unspecified atom stereocenters. The van der Waals surface area contributed by atoms with Crippen molar-refractivity contribution >= 4 is 33.2 Å². The van der Waals surface area contributed by atoms with Crippen LogP contribution in [-0.4, -0.2) is 27.5 Å². The number of benzene rings is 2. The number of hydrogen-bond donors (Lipinski definition) is 2. The van der Waals surface area contributed by atoms with Gasteiger partial charge in [-0.1, -0.05) is 23.7 Å². The highest BCUT2D eigenvalue weighted by Crippen LogP contribution is 2.29. The van der Waals surface area contributed by atoms with Gasteiger partial charge in [0.15, 0.2) is 0 Å². The Morgan fingerprint density at radius 2 is 1.96 bits per heavy atom. The average Bonchev–Trinajstić information content (AvgIpc) is 3.46. The summed E-state index contributed by atoms with van der Waals surface area (Å²) < 4.78 is 32.7. The second-order valence-electron chi connectivity index (χ2n) is 6.89. The first-order valence-electron chi connectivity index (χ1n) is 9.04. The Morgan fingerprint density at radius 3 is 2.61 bits per heavy atom. The highest BCUT2D eigenvalue weighted by molar-refractivity contribution is 7.89. The molecule has 0 atom stereocenters. The number of carbonyl (C=O) groups is 1. The molecule has 2 aromatic rings. The lowest BCUT2D eigenvalue weighted by molar-refractivity contribution is -0.116. The van der Waals surface area contributed by atoms with Crippen molar-refractivity contribution in [2.75, 3.05) is 12.4 Å². The molecule has 0 heterocycles. The van der Waals surface area contributed by atoms with Crippen LogP contribution in [0, 0.1) is 6.92 Å². The number of nitrogens with one attached hydrogen (secondary N) is 2. The first-order valence-corrected chi connectivity index (χ1v) is 10.9. The number of amides is 1. The minimum atomic E-state index is -3.62. The summed E-state index contributed by atoms with van der Waals surface area (Å²) in [6.45, 7) is 1.92. The average molecular weight is 423 g/mol. The van der Waals surface area contributed by atoms with Gasteiger partial charge in [0.25, 0.3) is 0 Å². The summed E-state index contributed by atoms with van der Waals surface area (Å²) in [4.78, 5) is 12.5. The first kappa shape index (κ1) is 20.6. The summed E-state index contributed by atoms with van der Waals surface area (Å²) in [6, 6.07) is 10.1. The maximum absolute atomic E-state index is 12.4. The number of rotatable bonds is 8. The van der Waals surface area contributed by atoms with Gasteiger partial charge >= 0.3 is 0 Å². The third kappa shape index (κ3) is 5.25. The Labute approximate surface area is 170 Å². The SMILES string of the molecule is COc1ccc(S(=O)(=O)NC2CC2)cc1NC(=O)CCc1ccc(C)c(Cl)c1. The Bertz CT molecular complexity index is 988. The maximum atomic E-state index is 12.4. The Morgan fingerprint density at radius 1 is 1.21 bits per heavy atom. The molecule has 1 aliphatic carbocycles. The van der Waals surface area contributed by atoms with E-state index in [1.54, 1.807) is 0 Å². The van der Waals surface area contributed by atoms with Gasteiger partial charge in [-0.25, -0.2) is 13.1 Å². The highest BCUT2D eigenvalue weighted by atomic mass is 35.5. The number of ether oxygens (including phenoxy) is 1. The molecule has 0 aliphatic heterocycles. The molecule has 1 saturated carbocycles. The molecule has 150 valence electrons. The molecular weight excluding hydrogens is 400 g/mol. The molecule has 28 heavy (non-hydrogen) atoms. The van der Waals surface area contributed by atoms with Gasteiger partial charge < -0.3 is 10.1 Å². The quantitative estimate of drug-likeness (QED) is 0.679. The van der Waals surface area contributed by atoms with Gasteiger partial charge in [0, 0.05) is 17.5 Å². The summed E-state index contributed by atoms with van der Waals surface area (Å²) in [7, 11) is -2.15. The maximum Gasteiger partial charge on any atom is 0.240 e. The number of aryl methyl sites for hydroxylation is 2. The van der Waals surface area contributed by atoms with Gasteiger partial charge in [-0.05, 0) is 61.6 Å². The lowest BCUT2D eigenvalue weighted by atomic mass is 10.1. The van der Waals surface area contributed by atoms with E-state index < -0.39 is 10.0 Å². The van der Waals surface area contributed by atoms with Crippen LogP contribution in [0.1, 0.15) is 30.4 Å². The van der Waals surface area contributed by atoms with Gasteiger partial charge in [0.2, 0.25) is 15.9 Å². The molecule has 0 aromatic heterocycles. The van der Waals surface area contributed by atoms with E-state index in [1.807, 2.05) is 25.1 Å². The second-order valence-corrected chi connectivity index (χ2v) is 9.01. The monoisotopic (exact) mass is 422 g/mol. The van der Waals surface area contributed by atoms with Crippen molar-refractivity contribution in [1.29, 1.82) is 0 Å². The molecular formula is C20H23ClN2O4S. The van der Waals surface area contributed by atoms with Crippen LogP contribution in [0.5, 0.6) is 5.75 Å². The molecule has 1 amide bonds. The molecule has 2 N–H and O–H groups in total. The van der Waals surface area contributed by atoms with Crippen molar-refractivity contribution in [3.63, 3.8) is 0 Å². The molecule has 0 saturated heterocycles. The predicted molar refractivity (Wildman–Crippen MR) is 109 cm³/mol. The Balaban J connectivity index is 1.69. The summed E-state index contributed by atoms with van der Waals surface area (Å²) >= 11 is 6.12. The summed E-state index contributed by atoms with van der Waals surface area (Å²) in [5.41, 5.74) is 2.27. The number of methoxy groups -OCH3 is 1. The van der Waals surface area contributed by atoms with Crippen LogP contribution in [-0.2, 0) is 21.2 Å². The zero-order chi connectivity index (χ0) is 20.3. The predicted octanol–water partition coefficient (Wildman–Crippen LogP) is 3.67. The molecule has 1 fully saturated rings. The standard InChI is InChI=1S/C20H23ClN2O4S/c1-13-3-4-14(11-17(13)21)5-10-20(24)22-18-12-16(8-9-19(18)27-2)28(25,26)23-15-6-7-15/h3-4,8-9,11-12,15,23H,5-7,10H2,1-2H3,(H,22,24). The summed E-state index contributed by atoms with van der Waals surface area (Å²) in [6.07, 6.45) is 2.46. The molecule has 3 rings (SSSR count). The van der Waals surface area contributed by atoms with Crippen LogP contribution in [0.15, 0.2) is 41.3 Å². The van der Waals surface area contributed by atoms with E-state index in [-0.39, 0.29) is 23.3 Å². The smallest absolute Gasteiger partial charge is 0.240 e. The zero-order valence-electron chi connectivity index (χ0n) is 15.8. The van der Waals surface area contributed by atoms with Gasteiger partial charge in [-0.15, -0.1) is 0 Å². The van der Waals surface area contributed by atoms with Crippen LogP contribution < -0.4 is 14.8 Å². The van der Waals surface area contributed by atoms with Crippen molar-refractivity contribution in [3.8, 4) is 5.75 Å². The van der Waals surface area contributed by atoms with Gasteiger partial charge in [0.1, 0.15) is 5.75 Å². The molecule has 8 heteroatoms. The van der Waals surface area contributed by atoms with Crippen molar-refractivity contribution in [2.24, 2.45) is 0 Å². The van der Waals surface area contributed by atoms with Crippen LogP contribution in [0.2, 0.25) is 5.02 Å². The minimum absolute atomic E-state index is 0.00600. The second kappa shape index (κ2) is 8.51. The lowest BCUT2D eigenvalue weighted by Crippen LogP contribution is -2.26. The largest absolute Gasteiger partial charge is 0.495 e. The Hall–Kier alpha value is -2.09. The number of carbonyl (C=O) groups excluding carboxylic acids is 1. The van der Waals surface area contributed by atoms with Crippen molar-refractivity contribution < 1.29 is 17.9 Å². The number of sulfonamides is 1. The lowest BCUT2D eigenvalue weighted by Gasteiger charge is -2.13. The van der Waals surface area contributed by atoms with E-state index in [0.29, 0.717) is 22.9 Å². The van der Waals surface area contributed by atoms with Crippen LogP contribution in [0.25, 0.3) is 0 Å². The van der Waals surface area contributed by atoms with Crippen LogP contribution >= 0.6 is 11.6 Å². The fourth-order valence-electron chi connectivity index (χ4n) is 2.70. The van der Waals surface area contributed by atoms with E-state index >= 15 is 0 Å². The first-order chi connectivity index (χ1) is 13.3. The molecule has 1 aliphatic rings. The number of anilines is 1. The summed E-state index contributed by atoms with van der Waals surface area (Å²) in [5, 5.41) is 3.42.